The number of nitrogens with zero attached hydrogens (tertiary/aromatic N) is 1. The molecule has 0 N–H and O–H groups in total. The van der Waals surface area contributed by atoms with Gasteiger partial charge in [-0.05, 0) is 31.7 Å². The van der Waals surface area contributed by atoms with Crippen LogP contribution in [-0.4, -0.2) is 38.7 Å². The lowest BCUT2D eigenvalue weighted by Gasteiger charge is -2.28. The van der Waals surface area contributed by atoms with Crippen LogP contribution < -0.4 is 0 Å². The molecule has 1 fully saturated rings. The molecule has 118 valence electrons. The Morgan fingerprint density at radius 1 is 1.33 bits per heavy atom. The first-order chi connectivity index (χ1) is 9.92. The lowest BCUT2D eigenvalue weighted by atomic mass is 10.0. The highest BCUT2D eigenvalue weighted by molar-refractivity contribution is 7.89. The Hall–Kier alpha value is -0.980. The summed E-state index contributed by atoms with van der Waals surface area (Å²) in [6, 6.07) is 5.78. The van der Waals surface area contributed by atoms with Crippen LogP contribution in [0, 0.1) is 11.7 Å². The molecule has 0 aliphatic carbocycles. The highest BCUT2D eigenvalue weighted by atomic mass is 32.2. The zero-order valence-electron chi connectivity index (χ0n) is 12.5. The summed E-state index contributed by atoms with van der Waals surface area (Å²) in [5, 5.41) is 0. The van der Waals surface area contributed by atoms with Crippen molar-refractivity contribution in [1.82, 2.24) is 4.31 Å². The van der Waals surface area contributed by atoms with Gasteiger partial charge in [0.15, 0.2) is 0 Å². The van der Waals surface area contributed by atoms with Gasteiger partial charge >= 0.3 is 0 Å². The molecule has 1 aromatic carbocycles. The molecule has 0 bridgehead atoms. The van der Waals surface area contributed by atoms with Crippen molar-refractivity contribution in [1.29, 1.82) is 0 Å². The van der Waals surface area contributed by atoms with E-state index in [1.54, 1.807) is 25.1 Å². The first-order valence-corrected chi connectivity index (χ1v) is 8.80. The Balaban J connectivity index is 2.10. The maximum absolute atomic E-state index is 13.8. The van der Waals surface area contributed by atoms with Gasteiger partial charge < -0.3 is 4.74 Å². The third kappa shape index (κ3) is 4.02. The SMILES string of the molecule is CC(c1ccccc1F)N(C)S(=O)(=O)CC1CCOCC1. The predicted octanol–water partition coefficient (Wildman–Crippen LogP) is 2.57. The second-order valence-corrected chi connectivity index (χ2v) is 7.62. The van der Waals surface area contributed by atoms with Crippen molar-refractivity contribution in [3.63, 3.8) is 0 Å². The number of hydrogen-bond acceptors (Lipinski definition) is 3. The number of hydrogen-bond donors (Lipinski definition) is 0. The first-order valence-electron chi connectivity index (χ1n) is 7.19. The summed E-state index contributed by atoms with van der Waals surface area (Å²) in [5.41, 5.74) is 0.399. The van der Waals surface area contributed by atoms with Crippen LogP contribution in [0.4, 0.5) is 4.39 Å². The fourth-order valence-electron chi connectivity index (χ4n) is 2.58. The van der Waals surface area contributed by atoms with Gasteiger partial charge in [-0.1, -0.05) is 18.2 Å². The molecule has 1 saturated heterocycles. The van der Waals surface area contributed by atoms with E-state index in [1.807, 2.05) is 0 Å². The van der Waals surface area contributed by atoms with Gasteiger partial charge in [-0.2, -0.15) is 4.31 Å². The van der Waals surface area contributed by atoms with Gasteiger partial charge in [0.1, 0.15) is 5.82 Å². The standard InChI is InChI=1S/C15H22FNO3S/c1-12(14-5-3-4-6-15(14)16)17(2)21(18,19)11-13-7-9-20-10-8-13/h3-6,12-13H,7-11H2,1-2H3. The van der Waals surface area contributed by atoms with Crippen molar-refractivity contribution < 1.29 is 17.5 Å². The molecule has 4 nitrogen and oxygen atoms in total. The monoisotopic (exact) mass is 315 g/mol. The zero-order valence-corrected chi connectivity index (χ0v) is 13.3. The maximum atomic E-state index is 13.8. The number of sulfonamides is 1. The summed E-state index contributed by atoms with van der Waals surface area (Å²) in [4.78, 5) is 0. The van der Waals surface area contributed by atoms with Gasteiger partial charge in [0.25, 0.3) is 0 Å². The lowest BCUT2D eigenvalue weighted by Crippen LogP contribution is -2.35. The molecule has 1 aliphatic rings. The molecule has 1 aromatic rings. The Labute approximate surface area is 126 Å². The van der Waals surface area contributed by atoms with Crippen molar-refractivity contribution in [3.8, 4) is 0 Å². The molecule has 0 aromatic heterocycles. The third-order valence-corrected chi connectivity index (χ3v) is 6.21. The summed E-state index contributed by atoms with van der Waals surface area (Å²) in [6.45, 7) is 2.94. The minimum absolute atomic E-state index is 0.103. The third-order valence-electron chi connectivity index (χ3n) is 4.13. The van der Waals surface area contributed by atoms with Crippen LogP contribution in [0.15, 0.2) is 24.3 Å². The molecule has 1 unspecified atom stereocenters. The molecule has 21 heavy (non-hydrogen) atoms. The van der Waals surface area contributed by atoms with Gasteiger partial charge in [-0.25, -0.2) is 12.8 Å². The molecule has 1 atom stereocenters. The van der Waals surface area contributed by atoms with Crippen molar-refractivity contribution in [2.24, 2.45) is 5.92 Å². The van der Waals surface area contributed by atoms with Crippen molar-refractivity contribution in [2.75, 3.05) is 26.0 Å². The molecule has 0 radical (unpaired) electrons. The van der Waals surface area contributed by atoms with Crippen LogP contribution in [0.3, 0.4) is 0 Å². The zero-order chi connectivity index (χ0) is 15.5. The minimum atomic E-state index is -3.41. The Bertz CT molecular complexity index is 570. The predicted molar refractivity (Wildman–Crippen MR) is 79.9 cm³/mol. The van der Waals surface area contributed by atoms with Crippen LogP contribution in [0.1, 0.15) is 31.4 Å². The number of halogens is 1. The topological polar surface area (TPSA) is 46.6 Å². The summed E-state index contributed by atoms with van der Waals surface area (Å²) >= 11 is 0. The van der Waals surface area contributed by atoms with E-state index in [1.165, 1.54) is 17.4 Å². The number of ether oxygens (including phenoxy) is 1. The fourth-order valence-corrected chi connectivity index (χ4v) is 4.34. The Kier molecular flexibility index (Phi) is 5.35. The van der Waals surface area contributed by atoms with E-state index in [2.05, 4.69) is 0 Å². The van der Waals surface area contributed by atoms with Gasteiger partial charge in [0.2, 0.25) is 10.0 Å². The van der Waals surface area contributed by atoms with Crippen LogP contribution in [0.5, 0.6) is 0 Å². The highest BCUT2D eigenvalue weighted by Crippen LogP contribution is 2.26. The van der Waals surface area contributed by atoms with Gasteiger partial charge in [-0.15, -0.1) is 0 Å². The van der Waals surface area contributed by atoms with Crippen LogP contribution in [-0.2, 0) is 14.8 Å². The van der Waals surface area contributed by atoms with Gasteiger partial charge in [0, 0.05) is 31.9 Å². The summed E-state index contributed by atoms with van der Waals surface area (Å²) in [5.74, 6) is -0.150. The van der Waals surface area contributed by atoms with Crippen molar-refractivity contribution >= 4 is 10.0 Å². The van der Waals surface area contributed by atoms with E-state index in [4.69, 9.17) is 4.74 Å². The molecule has 0 amide bonds. The maximum Gasteiger partial charge on any atom is 0.214 e. The average Bonchev–Trinajstić information content (AvgIpc) is 2.47. The van der Waals surface area contributed by atoms with Crippen LogP contribution in [0.25, 0.3) is 0 Å². The summed E-state index contributed by atoms with van der Waals surface area (Å²) in [7, 11) is -1.89. The van der Waals surface area contributed by atoms with E-state index in [0.717, 1.165) is 12.8 Å². The van der Waals surface area contributed by atoms with E-state index >= 15 is 0 Å². The molecule has 1 aliphatic heterocycles. The second kappa shape index (κ2) is 6.85. The minimum Gasteiger partial charge on any atom is -0.381 e. The van der Waals surface area contributed by atoms with Crippen LogP contribution >= 0.6 is 0 Å². The highest BCUT2D eigenvalue weighted by Gasteiger charge is 2.29. The molecule has 1 heterocycles. The van der Waals surface area contributed by atoms with Crippen LogP contribution in [0.2, 0.25) is 0 Å². The smallest absolute Gasteiger partial charge is 0.214 e. The van der Waals surface area contributed by atoms with E-state index in [9.17, 15) is 12.8 Å². The van der Waals surface area contributed by atoms with Gasteiger partial charge in [-0.3, -0.25) is 0 Å². The lowest BCUT2D eigenvalue weighted by molar-refractivity contribution is 0.0720. The van der Waals surface area contributed by atoms with Gasteiger partial charge in [0.05, 0.1) is 5.75 Å². The van der Waals surface area contributed by atoms with E-state index < -0.39 is 16.1 Å². The second-order valence-electron chi connectivity index (χ2n) is 5.55. The Morgan fingerprint density at radius 2 is 1.95 bits per heavy atom. The quantitative estimate of drug-likeness (QED) is 0.839. The molecule has 0 spiro atoms. The first kappa shape index (κ1) is 16.4. The summed E-state index contributed by atoms with van der Waals surface area (Å²) in [6.07, 6.45) is 1.53. The number of rotatable bonds is 5. The fraction of sp³-hybridized carbons (Fsp3) is 0.600. The molecular weight excluding hydrogens is 293 g/mol. The molecule has 6 heteroatoms. The van der Waals surface area contributed by atoms with E-state index in [-0.39, 0.29) is 17.5 Å². The average molecular weight is 315 g/mol. The molecule has 2 rings (SSSR count). The largest absolute Gasteiger partial charge is 0.381 e. The Morgan fingerprint density at radius 3 is 2.57 bits per heavy atom. The van der Waals surface area contributed by atoms with Crippen molar-refractivity contribution in [2.45, 2.75) is 25.8 Å². The molecule has 0 saturated carbocycles. The van der Waals surface area contributed by atoms with E-state index in [0.29, 0.717) is 18.8 Å². The number of benzene rings is 1. The molecular formula is C15H22FNO3S. The normalized spacial score (nSPS) is 18.9. The van der Waals surface area contributed by atoms with Crippen molar-refractivity contribution in [3.05, 3.63) is 35.6 Å². The summed E-state index contributed by atoms with van der Waals surface area (Å²) < 4.78 is 45.3.